The lowest BCUT2D eigenvalue weighted by Gasteiger charge is -2.19. The summed E-state index contributed by atoms with van der Waals surface area (Å²) in [5.41, 5.74) is 6.50. The molecule has 0 saturated carbocycles. The number of nitrogens with two attached hydrogens (primary N) is 1. The van der Waals surface area contributed by atoms with Crippen LogP contribution in [0.5, 0.6) is 0 Å². The van der Waals surface area contributed by atoms with Crippen molar-refractivity contribution in [1.29, 1.82) is 0 Å². The van der Waals surface area contributed by atoms with E-state index in [0.717, 1.165) is 4.31 Å². The molecule has 106 valence electrons. The quantitative estimate of drug-likeness (QED) is 0.637. The fourth-order valence-corrected chi connectivity index (χ4v) is 3.14. The molecule has 0 unspecified atom stereocenters. The molecule has 0 saturated heterocycles. The van der Waals surface area contributed by atoms with E-state index < -0.39 is 16.0 Å². The van der Waals surface area contributed by atoms with Crippen LogP contribution in [0, 0.1) is 6.92 Å². The molecule has 0 spiro atoms. The summed E-state index contributed by atoms with van der Waals surface area (Å²) < 4.78 is 30.3. The van der Waals surface area contributed by atoms with Crippen molar-refractivity contribution in [3.8, 4) is 0 Å². The SMILES string of the molecule is COC(=O)CCN(C)S(=O)(=O)c1c(C)cccc1N. The number of hydrogen-bond donors (Lipinski definition) is 1. The first-order chi connectivity index (χ1) is 8.80. The zero-order valence-electron chi connectivity index (χ0n) is 11.2. The summed E-state index contributed by atoms with van der Waals surface area (Å²) in [5.74, 6) is -0.459. The van der Waals surface area contributed by atoms with Gasteiger partial charge < -0.3 is 10.5 Å². The van der Waals surface area contributed by atoms with E-state index in [9.17, 15) is 13.2 Å². The number of aryl methyl sites for hydroxylation is 1. The van der Waals surface area contributed by atoms with Crippen LogP contribution in [0.15, 0.2) is 23.1 Å². The number of hydrogen-bond acceptors (Lipinski definition) is 5. The number of anilines is 1. The van der Waals surface area contributed by atoms with Crippen molar-refractivity contribution in [2.75, 3.05) is 26.4 Å². The number of carbonyl (C=O) groups is 1. The molecule has 0 bridgehead atoms. The van der Waals surface area contributed by atoms with Gasteiger partial charge in [-0.2, -0.15) is 0 Å². The maximum atomic E-state index is 12.4. The minimum atomic E-state index is -3.70. The Morgan fingerprint density at radius 3 is 2.58 bits per heavy atom. The monoisotopic (exact) mass is 286 g/mol. The number of carbonyl (C=O) groups excluding carboxylic acids is 1. The van der Waals surface area contributed by atoms with E-state index >= 15 is 0 Å². The van der Waals surface area contributed by atoms with E-state index in [4.69, 9.17) is 5.73 Å². The number of rotatable bonds is 5. The molecule has 1 aromatic rings. The van der Waals surface area contributed by atoms with Gasteiger partial charge in [-0.25, -0.2) is 12.7 Å². The largest absolute Gasteiger partial charge is 0.469 e. The second kappa shape index (κ2) is 6.03. The molecule has 0 aliphatic heterocycles. The lowest BCUT2D eigenvalue weighted by atomic mass is 10.2. The van der Waals surface area contributed by atoms with Crippen LogP contribution in [0.1, 0.15) is 12.0 Å². The Morgan fingerprint density at radius 1 is 1.42 bits per heavy atom. The normalized spacial score (nSPS) is 11.6. The molecule has 0 amide bonds. The highest BCUT2D eigenvalue weighted by atomic mass is 32.2. The minimum Gasteiger partial charge on any atom is -0.469 e. The standard InChI is InChI=1S/C12H18N2O4S/c1-9-5-4-6-10(13)12(9)19(16,17)14(2)8-7-11(15)18-3/h4-6H,7-8,13H2,1-3H3. The van der Waals surface area contributed by atoms with Crippen LogP contribution in [0.4, 0.5) is 5.69 Å². The van der Waals surface area contributed by atoms with E-state index in [2.05, 4.69) is 4.74 Å². The van der Waals surface area contributed by atoms with Crippen molar-refractivity contribution in [2.24, 2.45) is 0 Å². The highest BCUT2D eigenvalue weighted by Crippen LogP contribution is 2.25. The maximum absolute atomic E-state index is 12.4. The van der Waals surface area contributed by atoms with Crippen molar-refractivity contribution in [3.63, 3.8) is 0 Å². The third kappa shape index (κ3) is 3.45. The van der Waals surface area contributed by atoms with Crippen molar-refractivity contribution in [3.05, 3.63) is 23.8 Å². The van der Waals surface area contributed by atoms with Gasteiger partial charge in [0.1, 0.15) is 4.90 Å². The number of esters is 1. The summed E-state index contributed by atoms with van der Waals surface area (Å²) in [5, 5.41) is 0. The summed E-state index contributed by atoms with van der Waals surface area (Å²) >= 11 is 0. The topological polar surface area (TPSA) is 89.7 Å². The Labute approximate surface area is 113 Å². The first-order valence-corrected chi connectivity index (χ1v) is 7.13. The predicted molar refractivity (Wildman–Crippen MR) is 72.0 cm³/mol. The first-order valence-electron chi connectivity index (χ1n) is 5.69. The molecule has 19 heavy (non-hydrogen) atoms. The maximum Gasteiger partial charge on any atom is 0.306 e. The van der Waals surface area contributed by atoms with Crippen LogP contribution in [-0.2, 0) is 19.6 Å². The van der Waals surface area contributed by atoms with Crippen molar-refractivity contribution in [2.45, 2.75) is 18.2 Å². The van der Waals surface area contributed by atoms with Gasteiger partial charge in [0.25, 0.3) is 0 Å². The van der Waals surface area contributed by atoms with E-state index in [-0.39, 0.29) is 23.5 Å². The summed E-state index contributed by atoms with van der Waals surface area (Å²) in [6.45, 7) is 1.72. The molecular formula is C12H18N2O4S. The number of nitrogens with zero attached hydrogens (tertiary/aromatic N) is 1. The molecule has 0 heterocycles. The molecule has 0 atom stereocenters. The molecule has 0 aliphatic carbocycles. The van der Waals surface area contributed by atoms with Crippen LogP contribution >= 0.6 is 0 Å². The molecule has 6 nitrogen and oxygen atoms in total. The van der Waals surface area contributed by atoms with E-state index in [1.165, 1.54) is 20.2 Å². The highest BCUT2D eigenvalue weighted by molar-refractivity contribution is 7.89. The Morgan fingerprint density at radius 2 is 2.05 bits per heavy atom. The summed E-state index contributed by atoms with van der Waals surface area (Å²) in [6.07, 6.45) is -0.00197. The summed E-state index contributed by atoms with van der Waals surface area (Å²) in [4.78, 5) is 11.1. The summed E-state index contributed by atoms with van der Waals surface area (Å²) in [7, 11) is -1.04. The van der Waals surface area contributed by atoms with Gasteiger partial charge in [-0.15, -0.1) is 0 Å². The minimum absolute atomic E-state index is 0.00197. The van der Waals surface area contributed by atoms with Crippen molar-refractivity contribution in [1.82, 2.24) is 4.31 Å². The zero-order chi connectivity index (χ0) is 14.6. The van der Waals surface area contributed by atoms with Gasteiger partial charge >= 0.3 is 5.97 Å². The van der Waals surface area contributed by atoms with E-state index in [0.29, 0.717) is 5.56 Å². The fourth-order valence-electron chi connectivity index (χ4n) is 1.65. The molecule has 7 heteroatoms. The number of sulfonamides is 1. The fraction of sp³-hybridized carbons (Fsp3) is 0.417. The van der Waals surface area contributed by atoms with Gasteiger partial charge in [-0.05, 0) is 18.6 Å². The molecule has 0 aromatic heterocycles. The van der Waals surface area contributed by atoms with E-state index in [1.807, 2.05) is 0 Å². The zero-order valence-corrected chi connectivity index (χ0v) is 12.0. The highest BCUT2D eigenvalue weighted by Gasteiger charge is 2.25. The van der Waals surface area contributed by atoms with Crippen molar-refractivity contribution < 1.29 is 17.9 Å². The Hall–Kier alpha value is -1.60. The second-order valence-electron chi connectivity index (χ2n) is 4.15. The van der Waals surface area contributed by atoms with Gasteiger partial charge in [0.15, 0.2) is 0 Å². The molecule has 1 aromatic carbocycles. The third-order valence-corrected chi connectivity index (χ3v) is 4.85. The van der Waals surface area contributed by atoms with Crippen LogP contribution in [-0.4, -0.2) is 39.4 Å². The average molecular weight is 286 g/mol. The molecule has 0 aliphatic rings. The molecule has 1 rings (SSSR count). The summed E-state index contributed by atoms with van der Waals surface area (Å²) in [6, 6.07) is 4.91. The third-order valence-electron chi connectivity index (χ3n) is 2.77. The number of methoxy groups -OCH3 is 1. The Balaban J connectivity index is 3.01. The van der Waals surface area contributed by atoms with E-state index in [1.54, 1.807) is 19.1 Å². The van der Waals surface area contributed by atoms with Gasteiger partial charge in [-0.3, -0.25) is 4.79 Å². The van der Waals surface area contributed by atoms with Crippen molar-refractivity contribution >= 4 is 21.7 Å². The van der Waals surface area contributed by atoms with Gasteiger partial charge in [0, 0.05) is 13.6 Å². The molecule has 2 N–H and O–H groups in total. The number of benzene rings is 1. The lowest BCUT2D eigenvalue weighted by Crippen LogP contribution is -2.30. The van der Waals surface area contributed by atoms with Crippen LogP contribution in [0.3, 0.4) is 0 Å². The average Bonchev–Trinajstić information content (AvgIpc) is 2.34. The smallest absolute Gasteiger partial charge is 0.306 e. The van der Waals surface area contributed by atoms with Crippen LogP contribution < -0.4 is 5.73 Å². The lowest BCUT2D eigenvalue weighted by molar-refractivity contribution is -0.140. The van der Waals surface area contributed by atoms with Gasteiger partial charge in [0.05, 0.1) is 19.2 Å². The Kier molecular flexibility index (Phi) is 4.90. The molecular weight excluding hydrogens is 268 g/mol. The molecule has 0 fully saturated rings. The molecule has 0 radical (unpaired) electrons. The first kappa shape index (κ1) is 15.5. The van der Waals surface area contributed by atoms with Gasteiger partial charge in [0.2, 0.25) is 10.0 Å². The van der Waals surface area contributed by atoms with Crippen LogP contribution in [0.25, 0.3) is 0 Å². The Bertz CT molecular complexity index is 549. The number of ether oxygens (including phenoxy) is 1. The predicted octanol–water partition coefficient (Wildman–Crippen LogP) is 0.761. The second-order valence-corrected chi connectivity index (χ2v) is 6.13. The van der Waals surface area contributed by atoms with Gasteiger partial charge in [-0.1, -0.05) is 12.1 Å². The number of nitrogen functional groups attached to an aromatic ring is 1. The van der Waals surface area contributed by atoms with Crippen LogP contribution in [0.2, 0.25) is 0 Å².